The number of carbonyl (C=O) groups excluding carboxylic acids is 2. The number of rotatable bonds is 6. The number of hydrogen-bond acceptors (Lipinski definition) is 5. The summed E-state index contributed by atoms with van der Waals surface area (Å²) in [5.74, 6) is 0.496. The number of likely N-dealkylation sites (tertiary alicyclic amines) is 2. The maximum Gasteiger partial charge on any atom is 0.303 e. The highest BCUT2D eigenvalue weighted by atomic mass is 32.2. The van der Waals surface area contributed by atoms with Crippen molar-refractivity contribution >= 4 is 32.9 Å². The molecule has 2 aromatic rings. The fourth-order valence-electron chi connectivity index (χ4n) is 8.75. The lowest BCUT2D eigenvalue weighted by atomic mass is 9.75. The van der Waals surface area contributed by atoms with Crippen LogP contribution < -0.4 is 4.72 Å². The highest BCUT2D eigenvalue weighted by Gasteiger charge is 2.35. The van der Waals surface area contributed by atoms with E-state index in [0.29, 0.717) is 30.0 Å². The molecule has 4 heterocycles. The maximum atomic E-state index is 14.5. The van der Waals surface area contributed by atoms with Crippen LogP contribution in [0.15, 0.2) is 42.5 Å². The monoisotopic (exact) mass is 679 g/mol. The summed E-state index contributed by atoms with van der Waals surface area (Å²) < 4.78 is 30.7. The van der Waals surface area contributed by atoms with Crippen molar-refractivity contribution < 1.29 is 19.4 Å². The second kappa shape index (κ2) is 14.9. The average molecular weight is 680 g/mol. The van der Waals surface area contributed by atoms with Gasteiger partial charge in [0, 0.05) is 69.8 Å². The predicted molar refractivity (Wildman–Crippen MR) is 194 cm³/mol. The first-order valence-corrected chi connectivity index (χ1v) is 19.7. The number of nitrogens with zero attached hydrogens (tertiary/aromatic N) is 4. The molecule has 4 aliphatic rings. The Bertz CT molecular complexity index is 1650. The van der Waals surface area contributed by atoms with Gasteiger partial charge in [-0.2, -0.15) is 12.7 Å². The Morgan fingerprint density at radius 2 is 1.67 bits per heavy atom. The van der Waals surface area contributed by atoms with E-state index in [1.807, 2.05) is 12.1 Å². The number of carbonyl (C=O) groups is 2. The summed E-state index contributed by atoms with van der Waals surface area (Å²) >= 11 is 0. The van der Waals surface area contributed by atoms with Crippen LogP contribution in [0.5, 0.6) is 0 Å². The van der Waals surface area contributed by atoms with Gasteiger partial charge in [-0.1, -0.05) is 63.5 Å². The number of nitrogens with one attached hydrogen (secondary N) is 1. The van der Waals surface area contributed by atoms with Crippen LogP contribution in [0.25, 0.3) is 10.9 Å². The number of amides is 2. The Kier molecular flexibility index (Phi) is 10.8. The normalized spacial score (nSPS) is 27.8. The number of piperidine rings is 1. The second-order valence-electron chi connectivity index (χ2n) is 15.0. The Labute approximate surface area is 289 Å². The van der Waals surface area contributed by atoms with E-state index in [0.717, 1.165) is 60.4 Å². The third-order valence-corrected chi connectivity index (χ3v) is 12.9. The van der Waals surface area contributed by atoms with Gasteiger partial charge in [-0.05, 0) is 87.1 Å². The zero-order chi connectivity index (χ0) is 34.0. The molecule has 10 heteroatoms. The van der Waals surface area contributed by atoms with Crippen molar-refractivity contribution in [2.24, 2.45) is 17.8 Å². The lowest BCUT2D eigenvalue weighted by Crippen LogP contribution is -2.48. The summed E-state index contributed by atoms with van der Waals surface area (Å²) in [4.78, 5) is 32.6. The molecule has 0 radical (unpaired) electrons. The molecule has 1 aliphatic carbocycles. The van der Waals surface area contributed by atoms with Gasteiger partial charge in [0.1, 0.15) is 0 Å². The molecular weight excluding hydrogens is 623 g/mol. The molecule has 1 aromatic carbocycles. The van der Waals surface area contributed by atoms with Crippen molar-refractivity contribution in [1.29, 1.82) is 0 Å². The van der Waals surface area contributed by atoms with Crippen LogP contribution in [-0.2, 0) is 28.0 Å². The lowest BCUT2D eigenvalue weighted by molar-refractivity contribution is -0.138. The summed E-state index contributed by atoms with van der Waals surface area (Å²) in [5, 5.41) is 1.11. The van der Waals surface area contributed by atoms with Gasteiger partial charge in [0.25, 0.3) is 5.91 Å². The van der Waals surface area contributed by atoms with E-state index in [-0.39, 0.29) is 19.2 Å². The number of hydrogen-bond donors (Lipinski definition) is 1. The lowest BCUT2D eigenvalue weighted by Gasteiger charge is -2.38. The molecule has 3 unspecified atom stereocenters. The van der Waals surface area contributed by atoms with E-state index >= 15 is 0 Å². The van der Waals surface area contributed by atoms with Crippen LogP contribution in [-0.4, -0.2) is 85.2 Å². The minimum absolute atomic E-state index is 0. The van der Waals surface area contributed by atoms with E-state index in [1.165, 1.54) is 70.5 Å². The standard InChI is InChI=1S/C38H55N5O4S.H2/c1-27-12-6-5-7-15-34-36(32-14-9-8-13-28(32)2)33-17-16-29(37(44)39-48(46,47)40(3)4)25-35(33)43(34)26-30(24-27)38(45)42-22-18-31(19-23-42)41-20-10-11-21-41;/h5-7,12,16-17,25,27-28,30-32H,8-11,13-15,18-24,26H2,1-4H3,(H,39,44);1H/b7-5-,12-6-;/t27?,28?,30-,32?;/m1./s1. The Morgan fingerprint density at radius 1 is 0.938 bits per heavy atom. The first-order valence-electron chi connectivity index (χ1n) is 18.3. The predicted octanol–water partition coefficient (Wildman–Crippen LogP) is 6.11. The van der Waals surface area contributed by atoms with Crippen molar-refractivity contribution in [2.45, 2.75) is 96.6 Å². The smallest absolute Gasteiger partial charge is 0.303 e. The molecule has 2 amide bonds. The largest absolute Gasteiger partial charge is 0.343 e. The quantitative estimate of drug-likeness (QED) is 0.398. The van der Waals surface area contributed by atoms with Gasteiger partial charge in [0.15, 0.2) is 0 Å². The SMILES string of the molecule is CC1/C=C\C=C/Cc2c(C3CCCCC3C)c3ccc(C(=O)NS(=O)(=O)N(C)C)cc3n2C[C@H](C(=O)N2CCC(N3CCCC3)CC2)C1.[HH]. The van der Waals surface area contributed by atoms with Crippen LogP contribution in [0, 0.1) is 17.8 Å². The molecule has 9 nitrogen and oxygen atoms in total. The van der Waals surface area contributed by atoms with Crippen LogP contribution in [0.3, 0.4) is 0 Å². The van der Waals surface area contributed by atoms with Gasteiger partial charge in [0.05, 0.1) is 5.92 Å². The molecular formula is C38H57N5O4S. The first kappa shape index (κ1) is 34.9. The van der Waals surface area contributed by atoms with Crippen molar-refractivity contribution in [1.82, 2.24) is 23.4 Å². The van der Waals surface area contributed by atoms with Crippen molar-refractivity contribution in [2.75, 3.05) is 40.3 Å². The molecule has 1 N–H and O–H groups in total. The zero-order valence-electron chi connectivity index (χ0n) is 29.4. The van der Waals surface area contributed by atoms with E-state index in [1.54, 1.807) is 6.07 Å². The van der Waals surface area contributed by atoms with Crippen LogP contribution in [0.2, 0.25) is 0 Å². The first-order chi connectivity index (χ1) is 23.0. The van der Waals surface area contributed by atoms with Gasteiger partial charge >= 0.3 is 10.2 Å². The highest BCUT2D eigenvalue weighted by Crippen LogP contribution is 2.44. The third kappa shape index (κ3) is 7.45. The molecule has 48 heavy (non-hydrogen) atoms. The van der Waals surface area contributed by atoms with Crippen molar-refractivity contribution in [3.05, 3.63) is 59.3 Å². The fraction of sp³-hybridized carbons (Fsp3) is 0.632. The van der Waals surface area contributed by atoms with Gasteiger partial charge in [-0.25, -0.2) is 4.72 Å². The number of aromatic nitrogens is 1. The van der Waals surface area contributed by atoms with E-state index in [9.17, 15) is 18.0 Å². The van der Waals surface area contributed by atoms with Gasteiger partial charge in [0.2, 0.25) is 5.91 Å². The summed E-state index contributed by atoms with van der Waals surface area (Å²) in [5.41, 5.74) is 3.75. The highest BCUT2D eigenvalue weighted by molar-refractivity contribution is 7.87. The van der Waals surface area contributed by atoms with Gasteiger partial charge in [-0.3, -0.25) is 9.59 Å². The number of fused-ring (bicyclic) bond motifs is 3. The molecule has 3 fully saturated rings. The molecule has 264 valence electrons. The van der Waals surface area contributed by atoms with Crippen LogP contribution in [0.1, 0.15) is 101 Å². The summed E-state index contributed by atoms with van der Waals surface area (Å²) in [6.45, 7) is 9.06. The molecule has 6 rings (SSSR count). The van der Waals surface area contributed by atoms with Gasteiger partial charge in [-0.15, -0.1) is 0 Å². The summed E-state index contributed by atoms with van der Waals surface area (Å²) in [6, 6.07) is 6.20. The second-order valence-corrected chi connectivity index (χ2v) is 16.9. The maximum absolute atomic E-state index is 14.5. The molecule has 0 bridgehead atoms. The van der Waals surface area contributed by atoms with Gasteiger partial charge < -0.3 is 14.4 Å². The molecule has 2 saturated heterocycles. The van der Waals surface area contributed by atoms with E-state index in [4.69, 9.17) is 0 Å². The van der Waals surface area contributed by atoms with Crippen molar-refractivity contribution in [3.63, 3.8) is 0 Å². The molecule has 0 spiro atoms. The zero-order valence-corrected chi connectivity index (χ0v) is 30.2. The summed E-state index contributed by atoms with van der Waals surface area (Å²) in [7, 11) is -1.15. The van der Waals surface area contributed by atoms with Crippen LogP contribution >= 0.6 is 0 Å². The Balaban J connectivity index is 0.00000468. The Morgan fingerprint density at radius 3 is 2.38 bits per heavy atom. The minimum atomic E-state index is -3.95. The van der Waals surface area contributed by atoms with Crippen molar-refractivity contribution in [3.8, 4) is 0 Å². The van der Waals surface area contributed by atoms with E-state index < -0.39 is 16.1 Å². The molecule has 4 atom stereocenters. The van der Waals surface area contributed by atoms with Crippen LogP contribution in [0.4, 0.5) is 0 Å². The minimum Gasteiger partial charge on any atom is -0.343 e. The average Bonchev–Trinajstić information content (AvgIpc) is 3.70. The fourth-order valence-corrected chi connectivity index (χ4v) is 9.29. The third-order valence-electron chi connectivity index (χ3n) is 11.5. The molecule has 1 aromatic heterocycles. The topological polar surface area (TPSA) is 95.0 Å². The summed E-state index contributed by atoms with van der Waals surface area (Å²) in [6.07, 6.45) is 19.5. The number of allylic oxidation sites excluding steroid dienone is 4. The van der Waals surface area contributed by atoms with E-state index in [2.05, 4.69) is 57.2 Å². The number of benzene rings is 1. The molecule has 3 aliphatic heterocycles. The molecule has 1 saturated carbocycles. The Hall–Kier alpha value is -2.95.